The highest BCUT2D eigenvalue weighted by Crippen LogP contribution is 2.37. The first-order valence-corrected chi connectivity index (χ1v) is 10.1. The molecule has 0 aliphatic heterocycles. The maximum atomic E-state index is 12.5. The number of carbonyl (C=O) groups is 1. The van der Waals surface area contributed by atoms with E-state index in [0.717, 1.165) is 17.0 Å². The number of nitrogens with one attached hydrogen (secondary N) is 1. The van der Waals surface area contributed by atoms with Crippen molar-refractivity contribution in [2.45, 2.75) is 64.3 Å². The quantitative estimate of drug-likeness (QED) is 0.656. The summed E-state index contributed by atoms with van der Waals surface area (Å²) in [5, 5.41) is 3.09. The second-order valence-corrected chi connectivity index (χ2v) is 7.73. The maximum absolute atomic E-state index is 12.5. The molecule has 2 aromatic carbocycles. The summed E-state index contributed by atoms with van der Waals surface area (Å²) in [5.74, 6) is 1.60. The Hall–Kier alpha value is -2.09. The molecule has 0 bridgehead atoms. The van der Waals surface area contributed by atoms with Gasteiger partial charge in [-0.2, -0.15) is 0 Å². The number of benzene rings is 2. The fraction of sp³-hybridized carbons (Fsp3) is 0.458. The van der Waals surface area contributed by atoms with E-state index < -0.39 is 0 Å². The van der Waals surface area contributed by atoms with Crippen LogP contribution in [0.15, 0.2) is 54.6 Å². The van der Waals surface area contributed by atoms with Gasteiger partial charge in [0.1, 0.15) is 0 Å². The van der Waals surface area contributed by atoms with E-state index in [1.165, 1.54) is 44.1 Å². The van der Waals surface area contributed by atoms with Gasteiger partial charge in [-0.15, -0.1) is 0 Å². The minimum atomic E-state index is -0.000410. The van der Waals surface area contributed by atoms with Crippen molar-refractivity contribution in [1.29, 1.82) is 0 Å². The standard InChI is InChI=1S/C24H31NO/c1-3-7-19-10-12-21(13-11-19)22-14-16-23(17-15-22)24(26)25-18(2)20-8-5-4-6-9-20/h4-6,8-9,14-19,21H,3,7,10-13H2,1-2H3,(H,25,26). The van der Waals surface area contributed by atoms with E-state index in [0.29, 0.717) is 5.92 Å². The highest BCUT2D eigenvalue weighted by atomic mass is 16.1. The van der Waals surface area contributed by atoms with E-state index in [2.05, 4.69) is 24.4 Å². The Morgan fingerprint density at radius 1 is 1.00 bits per heavy atom. The first-order valence-electron chi connectivity index (χ1n) is 10.1. The summed E-state index contributed by atoms with van der Waals surface area (Å²) in [5.41, 5.74) is 3.27. The predicted octanol–water partition coefficient (Wildman–Crippen LogP) is 6.25. The molecule has 1 saturated carbocycles. The first kappa shape index (κ1) is 18.7. The molecule has 1 aliphatic rings. The molecule has 138 valence electrons. The van der Waals surface area contributed by atoms with E-state index in [4.69, 9.17) is 0 Å². The number of hydrogen-bond donors (Lipinski definition) is 1. The molecule has 1 N–H and O–H groups in total. The average Bonchev–Trinajstić information content (AvgIpc) is 2.69. The summed E-state index contributed by atoms with van der Waals surface area (Å²) in [4.78, 5) is 12.5. The van der Waals surface area contributed by atoms with Crippen molar-refractivity contribution < 1.29 is 4.79 Å². The van der Waals surface area contributed by atoms with Gasteiger partial charge in [-0.3, -0.25) is 4.79 Å². The van der Waals surface area contributed by atoms with Gasteiger partial charge in [0.15, 0.2) is 0 Å². The van der Waals surface area contributed by atoms with Crippen molar-refractivity contribution in [1.82, 2.24) is 5.32 Å². The Balaban J connectivity index is 1.56. The highest BCUT2D eigenvalue weighted by Gasteiger charge is 2.22. The number of amides is 1. The van der Waals surface area contributed by atoms with Crippen molar-refractivity contribution in [3.05, 3.63) is 71.3 Å². The van der Waals surface area contributed by atoms with Crippen LogP contribution in [0.5, 0.6) is 0 Å². The molecule has 1 aliphatic carbocycles. The Kier molecular flexibility index (Phi) is 6.49. The maximum Gasteiger partial charge on any atom is 0.251 e. The molecule has 0 radical (unpaired) electrons. The van der Waals surface area contributed by atoms with Gasteiger partial charge in [0.25, 0.3) is 5.91 Å². The molecule has 0 heterocycles. The summed E-state index contributed by atoms with van der Waals surface area (Å²) in [7, 11) is 0. The van der Waals surface area contributed by atoms with Crippen LogP contribution in [0.1, 0.15) is 85.8 Å². The van der Waals surface area contributed by atoms with Crippen molar-refractivity contribution >= 4 is 5.91 Å². The van der Waals surface area contributed by atoms with Gasteiger partial charge in [0.05, 0.1) is 6.04 Å². The molecule has 1 atom stereocenters. The molecule has 1 fully saturated rings. The van der Waals surface area contributed by atoms with Crippen molar-refractivity contribution in [2.24, 2.45) is 5.92 Å². The monoisotopic (exact) mass is 349 g/mol. The Morgan fingerprint density at radius 3 is 2.27 bits per heavy atom. The Labute approximate surface area is 158 Å². The minimum Gasteiger partial charge on any atom is -0.346 e. The molecule has 0 aromatic heterocycles. The zero-order valence-electron chi connectivity index (χ0n) is 16.1. The van der Waals surface area contributed by atoms with Crippen LogP contribution in [0.25, 0.3) is 0 Å². The fourth-order valence-electron chi connectivity index (χ4n) is 4.20. The average molecular weight is 350 g/mol. The van der Waals surface area contributed by atoms with Crippen LogP contribution in [0.4, 0.5) is 0 Å². The third kappa shape index (κ3) is 4.75. The third-order valence-corrected chi connectivity index (χ3v) is 5.84. The SMILES string of the molecule is CCCC1CCC(c2ccc(C(=O)NC(C)c3ccccc3)cc2)CC1. The molecular weight excluding hydrogens is 318 g/mol. The lowest BCUT2D eigenvalue weighted by Gasteiger charge is -2.28. The van der Waals surface area contributed by atoms with Crippen molar-refractivity contribution in [3.8, 4) is 0 Å². The molecule has 3 rings (SSSR count). The van der Waals surface area contributed by atoms with Crippen LogP contribution in [0, 0.1) is 5.92 Å². The summed E-state index contributed by atoms with van der Waals surface area (Å²) in [6, 6.07) is 18.4. The van der Waals surface area contributed by atoms with Crippen LogP contribution < -0.4 is 5.32 Å². The van der Waals surface area contributed by atoms with Crippen LogP contribution in [-0.2, 0) is 0 Å². The van der Waals surface area contributed by atoms with Crippen LogP contribution in [0.2, 0.25) is 0 Å². The van der Waals surface area contributed by atoms with Crippen molar-refractivity contribution in [3.63, 3.8) is 0 Å². The topological polar surface area (TPSA) is 29.1 Å². The molecule has 0 spiro atoms. The second-order valence-electron chi connectivity index (χ2n) is 7.73. The van der Waals surface area contributed by atoms with E-state index in [9.17, 15) is 4.79 Å². The van der Waals surface area contributed by atoms with Gasteiger partial charge < -0.3 is 5.32 Å². The second kappa shape index (κ2) is 9.02. The molecule has 2 heteroatoms. The van der Waals surface area contributed by atoms with Crippen LogP contribution in [-0.4, -0.2) is 5.91 Å². The molecule has 0 saturated heterocycles. The van der Waals surface area contributed by atoms with E-state index in [1.54, 1.807) is 0 Å². The summed E-state index contributed by atoms with van der Waals surface area (Å²) in [6.45, 7) is 4.31. The van der Waals surface area contributed by atoms with Gasteiger partial charge in [-0.05, 0) is 67.7 Å². The summed E-state index contributed by atoms with van der Waals surface area (Å²) >= 11 is 0. The molecule has 1 unspecified atom stereocenters. The zero-order chi connectivity index (χ0) is 18.4. The van der Waals surface area contributed by atoms with Gasteiger partial charge in [0.2, 0.25) is 0 Å². The number of hydrogen-bond acceptors (Lipinski definition) is 1. The van der Waals surface area contributed by atoms with Gasteiger partial charge in [-0.25, -0.2) is 0 Å². The van der Waals surface area contributed by atoms with Crippen LogP contribution >= 0.6 is 0 Å². The molecule has 1 amide bonds. The summed E-state index contributed by atoms with van der Waals surface area (Å²) < 4.78 is 0. The lowest BCUT2D eigenvalue weighted by atomic mass is 9.77. The van der Waals surface area contributed by atoms with Gasteiger partial charge in [0, 0.05) is 5.56 Å². The van der Waals surface area contributed by atoms with Gasteiger partial charge in [-0.1, -0.05) is 62.2 Å². The zero-order valence-corrected chi connectivity index (χ0v) is 16.1. The summed E-state index contributed by atoms with van der Waals surface area (Å²) in [6.07, 6.45) is 7.99. The molecule has 2 aromatic rings. The van der Waals surface area contributed by atoms with E-state index in [1.807, 2.05) is 49.4 Å². The molecule has 26 heavy (non-hydrogen) atoms. The smallest absolute Gasteiger partial charge is 0.251 e. The first-order chi connectivity index (χ1) is 12.7. The highest BCUT2D eigenvalue weighted by molar-refractivity contribution is 5.94. The lowest BCUT2D eigenvalue weighted by Crippen LogP contribution is -2.26. The van der Waals surface area contributed by atoms with E-state index >= 15 is 0 Å². The van der Waals surface area contributed by atoms with Crippen molar-refractivity contribution in [2.75, 3.05) is 0 Å². The predicted molar refractivity (Wildman–Crippen MR) is 108 cm³/mol. The normalized spacial score (nSPS) is 21.2. The largest absolute Gasteiger partial charge is 0.346 e. The Bertz CT molecular complexity index is 684. The molecule has 2 nitrogen and oxygen atoms in total. The molecular formula is C24H31NO. The minimum absolute atomic E-state index is 0.000410. The number of rotatable bonds is 6. The van der Waals surface area contributed by atoms with Crippen LogP contribution in [0.3, 0.4) is 0 Å². The Morgan fingerprint density at radius 2 is 1.65 bits per heavy atom. The fourth-order valence-corrected chi connectivity index (χ4v) is 4.20. The number of carbonyl (C=O) groups excluding carboxylic acids is 1. The lowest BCUT2D eigenvalue weighted by molar-refractivity contribution is 0.0940. The van der Waals surface area contributed by atoms with Gasteiger partial charge >= 0.3 is 0 Å². The van der Waals surface area contributed by atoms with E-state index in [-0.39, 0.29) is 11.9 Å². The third-order valence-electron chi connectivity index (χ3n) is 5.84.